The lowest BCUT2D eigenvalue weighted by molar-refractivity contribution is -0.172. The van der Waals surface area contributed by atoms with Crippen molar-refractivity contribution in [3.05, 3.63) is 71.3 Å². The molecular weight excluding hydrogens is 344 g/mol. The van der Waals surface area contributed by atoms with Gasteiger partial charge in [-0.2, -0.15) is 0 Å². The Morgan fingerprint density at radius 1 is 1.04 bits per heavy atom. The zero-order valence-electron chi connectivity index (χ0n) is 14.6. The molecule has 1 spiro atoms. The second kappa shape index (κ2) is 7.28. The number of ether oxygens (including phenoxy) is 1. The lowest BCUT2D eigenvalue weighted by atomic mass is 9.75. The number of fused-ring (bicyclic) bond motifs is 2. The van der Waals surface area contributed by atoms with E-state index in [9.17, 15) is 9.59 Å². The number of aryl methyl sites for hydroxylation is 2. The third-order valence-electron chi connectivity index (χ3n) is 5.32. The maximum absolute atomic E-state index is 12.8. The van der Waals surface area contributed by atoms with Gasteiger partial charge in [-0.1, -0.05) is 54.6 Å². The van der Waals surface area contributed by atoms with E-state index in [2.05, 4.69) is 18.2 Å². The number of benzene rings is 2. The summed E-state index contributed by atoms with van der Waals surface area (Å²) in [5.74, 6) is 0.381. The number of ketones is 1. The van der Waals surface area contributed by atoms with Crippen molar-refractivity contribution in [1.29, 1.82) is 0 Å². The molecule has 134 valence electrons. The number of carbonyl (C=O) groups excluding carboxylic acids is 2. The third kappa shape index (κ3) is 3.30. The lowest BCUT2D eigenvalue weighted by Gasteiger charge is -2.42. The maximum atomic E-state index is 12.8. The van der Waals surface area contributed by atoms with E-state index in [1.54, 1.807) is 0 Å². The fourth-order valence-electron chi connectivity index (χ4n) is 4.06. The Hall–Kier alpha value is -2.07. The van der Waals surface area contributed by atoms with Gasteiger partial charge in [0.15, 0.2) is 11.0 Å². The van der Waals surface area contributed by atoms with Crippen LogP contribution in [0.1, 0.15) is 36.0 Å². The van der Waals surface area contributed by atoms with Crippen molar-refractivity contribution in [2.45, 2.75) is 43.0 Å². The summed E-state index contributed by atoms with van der Waals surface area (Å²) in [4.78, 5) is 25.5. The summed E-state index contributed by atoms with van der Waals surface area (Å²) >= 11 is 1.41. The van der Waals surface area contributed by atoms with E-state index < -0.39 is 10.9 Å². The topological polar surface area (TPSA) is 43.4 Å². The van der Waals surface area contributed by atoms with Crippen LogP contribution in [0.15, 0.2) is 54.6 Å². The number of hydrogen-bond donors (Lipinski definition) is 0. The van der Waals surface area contributed by atoms with E-state index in [4.69, 9.17) is 4.74 Å². The molecule has 4 rings (SSSR count). The monoisotopic (exact) mass is 366 g/mol. The van der Waals surface area contributed by atoms with Crippen molar-refractivity contribution >= 4 is 23.5 Å². The van der Waals surface area contributed by atoms with Crippen LogP contribution in [0.25, 0.3) is 0 Å². The van der Waals surface area contributed by atoms with Gasteiger partial charge in [0, 0.05) is 0 Å². The summed E-state index contributed by atoms with van der Waals surface area (Å²) in [5.41, 5.74) is 2.71. The van der Waals surface area contributed by atoms with Crippen molar-refractivity contribution in [2.24, 2.45) is 0 Å². The zero-order chi connectivity index (χ0) is 18.0. The molecule has 2 aromatic rings. The molecule has 3 nitrogen and oxygen atoms in total. The number of esters is 1. The lowest BCUT2D eigenvalue weighted by Crippen LogP contribution is -2.48. The number of carbonyl (C=O) groups is 2. The van der Waals surface area contributed by atoms with Gasteiger partial charge in [-0.25, -0.2) is 0 Å². The summed E-state index contributed by atoms with van der Waals surface area (Å²) in [6.45, 7) is 0. The van der Waals surface area contributed by atoms with Gasteiger partial charge in [-0.15, -0.1) is 11.8 Å². The second-order valence-electron chi connectivity index (χ2n) is 7.06. The Bertz CT molecular complexity index is 797. The highest BCUT2D eigenvalue weighted by atomic mass is 32.2. The van der Waals surface area contributed by atoms with Crippen LogP contribution in [-0.4, -0.2) is 22.8 Å². The van der Waals surface area contributed by atoms with Gasteiger partial charge in [-0.3, -0.25) is 9.59 Å². The van der Waals surface area contributed by atoms with Gasteiger partial charge in [0.2, 0.25) is 0 Å². The van der Waals surface area contributed by atoms with Gasteiger partial charge in [-0.05, 0) is 48.1 Å². The molecule has 1 aliphatic carbocycles. The highest BCUT2D eigenvalue weighted by Gasteiger charge is 2.49. The van der Waals surface area contributed by atoms with Crippen molar-refractivity contribution in [1.82, 2.24) is 0 Å². The predicted molar refractivity (Wildman–Crippen MR) is 103 cm³/mol. The van der Waals surface area contributed by atoms with E-state index >= 15 is 0 Å². The number of hydrogen-bond acceptors (Lipinski definition) is 4. The third-order valence-corrected chi connectivity index (χ3v) is 6.54. The molecule has 1 saturated heterocycles. The highest BCUT2D eigenvalue weighted by Crippen LogP contribution is 2.45. The molecule has 2 unspecified atom stereocenters. The molecular formula is C22H22O3S. The molecule has 2 aromatic carbocycles. The first kappa shape index (κ1) is 17.3. The molecule has 0 N–H and O–H groups in total. The molecule has 0 radical (unpaired) electrons. The maximum Gasteiger partial charge on any atom is 0.327 e. The van der Waals surface area contributed by atoms with Crippen LogP contribution < -0.4 is 0 Å². The molecule has 2 aliphatic rings. The van der Waals surface area contributed by atoms with Crippen LogP contribution in [0.2, 0.25) is 0 Å². The molecule has 0 bridgehead atoms. The molecule has 0 saturated carbocycles. The van der Waals surface area contributed by atoms with Crippen LogP contribution in [0.3, 0.4) is 0 Å². The molecule has 1 aliphatic heterocycles. The predicted octanol–water partition coefficient (Wildman–Crippen LogP) is 4.08. The van der Waals surface area contributed by atoms with Crippen LogP contribution in [-0.2, 0) is 32.8 Å². The zero-order valence-corrected chi connectivity index (χ0v) is 15.5. The Morgan fingerprint density at radius 2 is 1.81 bits per heavy atom. The second-order valence-corrected chi connectivity index (χ2v) is 8.27. The van der Waals surface area contributed by atoms with Gasteiger partial charge in [0.05, 0.1) is 6.42 Å². The summed E-state index contributed by atoms with van der Waals surface area (Å²) < 4.78 is 5.95. The Morgan fingerprint density at radius 3 is 2.62 bits per heavy atom. The summed E-state index contributed by atoms with van der Waals surface area (Å²) in [6, 6.07) is 18.2. The minimum absolute atomic E-state index is 0.0102. The largest absolute Gasteiger partial charge is 0.453 e. The first-order chi connectivity index (χ1) is 12.7. The van der Waals surface area contributed by atoms with Crippen LogP contribution in [0, 0.1) is 0 Å². The minimum Gasteiger partial charge on any atom is -0.453 e. The van der Waals surface area contributed by atoms with Crippen LogP contribution >= 0.6 is 11.8 Å². The van der Waals surface area contributed by atoms with E-state index in [1.165, 1.54) is 22.9 Å². The van der Waals surface area contributed by atoms with Gasteiger partial charge >= 0.3 is 5.97 Å². The Labute approximate surface area is 158 Å². The van der Waals surface area contributed by atoms with Crippen LogP contribution in [0.5, 0.6) is 0 Å². The molecule has 0 aromatic heterocycles. The Balaban J connectivity index is 1.45. The van der Waals surface area contributed by atoms with Crippen molar-refractivity contribution in [3.8, 4) is 0 Å². The quantitative estimate of drug-likeness (QED) is 0.604. The highest BCUT2D eigenvalue weighted by molar-refractivity contribution is 8.01. The first-order valence-corrected chi connectivity index (χ1v) is 10.2. The normalized spacial score (nSPS) is 25.0. The van der Waals surface area contributed by atoms with Crippen molar-refractivity contribution in [3.63, 3.8) is 0 Å². The molecule has 2 atom stereocenters. The average Bonchev–Trinajstić information content (AvgIpc) is 2.65. The summed E-state index contributed by atoms with van der Waals surface area (Å²) in [7, 11) is 0. The van der Waals surface area contributed by atoms with E-state index in [0.29, 0.717) is 6.42 Å². The smallest absolute Gasteiger partial charge is 0.327 e. The molecule has 1 fully saturated rings. The molecule has 1 heterocycles. The van der Waals surface area contributed by atoms with Gasteiger partial charge in [0.1, 0.15) is 5.60 Å². The fraction of sp³-hybridized carbons (Fsp3) is 0.364. The average molecular weight is 366 g/mol. The Kier molecular flexibility index (Phi) is 4.86. The number of Topliss-reactive ketones (excluding diaryl/α,β-unsaturated/α-hetero) is 1. The summed E-state index contributed by atoms with van der Waals surface area (Å²) in [6.07, 6.45) is 3.82. The first-order valence-electron chi connectivity index (χ1n) is 9.17. The van der Waals surface area contributed by atoms with E-state index in [-0.39, 0.29) is 11.8 Å². The number of rotatable bonds is 4. The standard InChI is InChI=1S/C22H22O3S/c23-19-15-22(13-6-10-17-9-4-5-11-18(17)22)25-21(24)20(19)26-14-12-16-7-2-1-3-8-16/h1-5,7-9,11,20H,6,10,12-15H2. The molecule has 0 amide bonds. The van der Waals surface area contributed by atoms with Gasteiger partial charge < -0.3 is 4.74 Å². The minimum atomic E-state index is -0.737. The summed E-state index contributed by atoms with van der Waals surface area (Å²) in [5, 5.41) is -0.682. The molecule has 4 heteroatoms. The van der Waals surface area contributed by atoms with E-state index in [1.807, 2.05) is 36.4 Å². The SMILES string of the molecule is O=C1CC2(CCCc3ccccc32)OC(=O)C1SCCc1ccccc1. The number of thioether (sulfide) groups is 1. The van der Waals surface area contributed by atoms with Crippen molar-refractivity contribution < 1.29 is 14.3 Å². The van der Waals surface area contributed by atoms with Gasteiger partial charge in [0.25, 0.3) is 0 Å². The van der Waals surface area contributed by atoms with E-state index in [0.717, 1.165) is 37.0 Å². The molecule has 26 heavy (non-hydrogen) atoms. The fourth-order valence-corrected chi connectivity index (χ4v) is 5.10. The van der Waals surface area contributed by atoms with Crippen molar-refractivity contribution in [2.75, 3.05) is 5.75 Å². The van der Waals surface area contributed by atoms with Crippen LogP contribution in [0.4, 0.5) is 0 Å².